The van der Waals surface area contributed by atoms with E-state index in [-0.39, 0.29) is 17.0 Å². The highest BCUT2D eigenvalue weighted by Gasteiger charge is 2.47. The molecule has 2 aliphatic rings. The molecule has 1 N–H and O–H groups in total. The Morgan fingerprint density at radius 3 is 2.00 bits per heavy atom. The summed E-state index contributed by atoms with van der Waals surface area (Å²) < 4.78 is 0.999. The number of aryl methyl sites for hydroxylation is 2. The Hall–Kier alpha value is -1.00. The second-order valence-electron chi connectivity index (χ2n) is 7.74. The van der Waals surface area contributed by atoms with Crippen LogP contribution in [0, 0.1) is 19.3 Å². The molecule has 0 aromatic heterocycles. The van der Waals surface area contributed by atoms with Crippen LogP contribution in [-0.2, 0) is 9.59 Å². The molecule has 1 aromatic carbocycles. The highest BCUT2D eigenvalue weighted by atomic mass is 79.9. The van der Waals surface area contributed by atoms with Gasteiger partial charge in [-0.15, -0.1) is 0 Å². The molecule has 1 spiro atoms. The zero-order valence-electron chi connectivity index (χ0n) is 14.7. The predicted octanol–water partition coefficient (Wildman–Crippen LogP) is 4.23. The monoisotopic (exact) mass is 391 g/mol. The van der Waals surface area contributed by atoms with Crippen molar-refractivity contribution in [2.24, 2.45) is 5.41 Å². The van der Waals surface area contributed by atoms with Crippen LogP contribution in [0.4, 0.5) is 0 Å². The van der Waals surface area contributed by atoms with E-state index in [0.717, 1.165) is 46.8 Å². The lowest BCUT2D eigenvalue weighted by Gasteiger charge is -2.43. The van der Waals surface area contributed by atoms with Crippen LogP contribution < -0.4 is 5.32 Å². The number of rotatable bonds is 2. The van der Waals surface area contributed by atoms with Gasteiger partial charge in [0.1, 0.15) is 17.5 Å². The lowest BCUT2D eigenvalue weighted by atomic mass is 9.60. The lowest BCUT2D eigenvalue weighted by Crippen LogP contribution is -2.44. The SMILES string of the molecule is CNC1CCC2(CC1)CC(=O)C(c1c(C)cc(Br)cc1C)C(=O)C2. The van der Waals surface area contributed by atoms with E-state index in [1.165, 1.54) is 0 Å². The van der Waals surface area contributed by atoms with Gasteiger partial charge in [0.25, 0.3) is 0 Å². The molecular formula is C20H26BrNO2. The first-order valence-electron chi connectivity index (χ1n) is 8.84. The number of hydrogen-bond acceptors (Lipinski definition) is 3. The van der Waals surface area contributed by atoms with Gasteiger partial charge in [0, 0.05) is 23.4 Å². The summed E-state index contributed by atoms with van der Waals surface area (Å²) in [4.78, 5) is 25.9. The molecule has 0 atom stereocenters. The van der Waals surface area contributed by atoms with Crippen LogP contribution >= 0.6 is 15.9 Å². The fourth-order valence-corrected chi connectivity index (χ4v) is 5.44. The summed E-state index contributed by atoms with van der Waals surface area (Å²) in [5.41, 5.74) is 2.92. The smallest absolute Gasteiger partial charge is 0.148 e. The van der Waals surface area contributed by atoms with Crippen LogP contribution in [-0.4, -0.2) is 24.7 Å². The van der Waals surface area contributed by atoms with E-state index in [9.17, 15) is 9.59 Å². The number of benzene rings is 1. The van der Waals surface area contributed by atoms with E-state index < -0.39 is 5.92 Å². The zero-order valence-corrected chi connectivity index (χ0v) is 16.3. The first-order valence-corrected chi connectivity index (χ1v) is 9.64. The Labute approximate surface area is 152 Å². The maximum atomic E-state index is 13.0. The van der Waals surface area contributed by atoms with Crippen LogP contribution in [0.5, 0.6) is 0 Å². The van der Waals surface area contributed by atoms with Crippen molar-refractivity contribution >= 4 is 27.5 Å². The zero-order chi connectivity index (χ0) is 17.5. The molecule has 0 aliphatic heterocycles. The average Bonchev–Trinajstić information content (AvgIpc) is 2.50. The summed E-state index contributed by atoms with van der Waals surface area (Å²) in [7, 11) is 1.99. The Kier molecular flexibility index (Phi) is 4.99. The van der Waals surface area contributed by atoms with Crippen molar-refractivity contribution in [3.8, 4) is 0 Å². The van der Waals surface area contributed by atoms with Crippen molar-refractivity contribution in [2.45, 2.75) is 64.3 Å². The number of nitrogens with one attached hydrogen (secondary N) is 1. The molecule has 130 valence electrons. The average molecular weight is 392 g/mol. The van der Waals surface area contributed by atoms with E-state index >= 15 is 0 Å². The molecule has 0 radical (unpaired) electrons. The molecule has 0 unspecified atom stereocenters. The Morgan fingerprint density at radius 1 is 1.04 bits per heavy atom. The van der Waals surface area contributed by atoms with E-state index in [4.69, 9.17) is 0 Å². The summed E-state index contributed by atoms with van der Waals surface area (Å²) in [6.45, 7) is 3.99. The normalized spacial score (nSPS) is 30.8. The fourth-order valence-electron chi connectivity index (χ4n) is 4.76. The van der Waals surface area contributed by atoms with E-state index in [2.05, 4.69) is 21.2 Å². The van der Waals surface area contributed by atoms with Crippen molar-refractivity contribution in [3.05, 3.63) is 33.3 Å². The fraction of sp³-hybridized carbons (Fsp3) is 0.600. The molecule has 3 nitrogen and oxygen atoms in total. The minimum Gasteiger partial charge on any atom is -0.317 e. The highest BCUT2D eigenvalue weighted by Crippen LogP contribution is 2.49. The second kappa shape index (κ2) is 6.72. The van der Waals surface area contributed by atoms with Crippen molar-refractivity contribution in [3.63, 3.8) is 0 Å². The van der Waals surface area contributed by atoms with Gasteiger partial charge in [0.15, 0.2) is 0 Å². The first kappa shape index (κ1) is 17.8. The van der Waals surface area contributed by atoms with Gasteiger partial charge in [-0.2, -0.15) is 0 Å². The Balaban J connectivity index is 1.85. The molecule has 2 saturated carbocycles. The lowest BCUT2D eigenvalue weighted by molar-refractivity contribution is -0.138. The summed E-state index contributed by atoms with van der Waals surface area (Å²) in [6.07, 6.45) is 5.24. The van der Waals surface area contributed by atoms with Crippen LogP contribution in [0.3, 0.4) is 0 Å². The molecule has 2 fully saturated rings. The summed E-state index contributed by atoms with van der Waals surface area (Å²) in [6, 6.07) is 4.55. The molecule has 0 amide bonds. The molecule has 4 heteroatoms. The van der Waals surface area contributed by atoms with Crippen molar-refractivity contribution in [2.75, 3.05) is 7.05 Å². The van der Waals surface area contributed by atoms with Crippen LogP contribution in [0.15, 0.2) is 16.6 Å². The standard InChI is InChI=1S/C20H26BrNO2/c1-12-8-14(21)9-13(2)18(12)19-16(23)10-20(11-17(19)24)6-4-15(22-3)5-7-20/h8-9,15,19,22H,4-7,10-11H2,1-3H3. The Morgan fingerprint density at radius 2 is 1.54 bits per heavy atom. The number of ketones is 2. The predicted molar refractivity (Wildman–Crippen MR) is 99.4 cm³/mol. The number of hydrogen-bond donors (Lipinski definition) is 1. The second-order valence-corrected chi connectivity index (χ2v) is 8.65. The maximum Gasteiger partial charge on any atom is 0.148 e. The molecule has 0 saturated heterocycles. The molecule has 24 heavy (non-hydrogen) atoms. The van der Waals surface area contributed by atoms with E-state index in [1.807, 2.05) is 33.0 Å². The molecule has 1 aromatic rings. The highest BCUT2D eigenvalue weighted by molar-refractivity contribution is 9.10. The van der Waals surface area contributed by atoms with E-state index in [0.29, 0.717) is 18.9 Å². The van der Waals surface area contributed by atoms with Crippen LogP contribution in [0.1, 0.15) is 61.1 Å². The van der Waals surface area contributed by atoms with Crippen LogP contribution in [0.2, 0.25) is 0 Å². The van der Waals surface area contributed by atoms with Gasteiger partial charge in [-0.3, -0.25) is 9.59 Å². The number of carbonyl (C=O) groups excluding carboxylic acids is 2. The van der Waals surface area contributed by atoms with Crippen LogP contribution in [0.25, 0.3) is 0 Å². The quantitative estimate of drug-likeness (QED) is 0.767. The molecule has 0 bridgehead atoms. The minimum atomic E-state index is -0.550. The third-order valence-electron chi connectivity index (χ3n) is 6.04. The molecule has 3 rings (SSSR count). The Bertz CT molecular complexity index is 631. The van der Waals surface area contributed by atoms with Crippen molar-refractivity contribution in [1.29, 1.82) is 0 Å². The first-order chi connectivity index (χ1) is 11.3. The third kappa shape index (κ3) is 3.23. The van der Waals surface area contributed by atoms with Gasteiger partial charge in [0.05, 0.1) is 0 Å². The largest absolute Gasteiger partial charge is 0.317 e. The van der Waals surface area contributed by atoms with Gasteiger partial charge < -0.3 is 5.32 Å². The number of halogens is 1. The van der Waals surface area contributed by atoms with Gasteiger partial charge in [-0.25, -0.2) is 0 Å². The van der Waals surface area contributed by atoms with Gasteiger partial charge >= 0.3 is 0 Å². The van der Waals surface area contributed by atoms with Crippen molar-refractivity contribution < 1.29 is 9.59 Å². The topological polar surface area (TPSA) is 46.2 Å². The molecular weight excluding hydrogens is 366 g/mol. The van der Waals surface area contributed by atoms with Crippen molar-refractivity contribution in [1.82, 2.24) is 5.32 Å². The number of carbonyl (C=O) groups is 2. The maximum absolute atomic E-state index is 13.0. The molecule has 0 heterocycles. The summed E-state index contributed by atoms with van der Waals surface area (Å²) >= 11 is 3.50. The summed E-state index contributed by atoms with van der Waals surface area (Å²) in [5, 5.41) is 3.33. The number of Topliss-reactive ketones (excluding diaryl/α,β-unsaturated/α-hetero) is 2. The van der Waals surface area contributed by atoms with Gasteiger partial charge in [0.2, 0.25) is 0 Å². The minimum absolute atomic E-state index is 0.0742. The molecule has 2 aliphatic carbocycles. The summed E-state index contributed by atoms with van der Waals surface area (Å²) in [5.74, 6) is -0.295. The third-order valence-corrected chi connectivity index (χ3v) is 6.50. The van der Waals surface area contributed by atoms with Gasteiger partial charge in [-0.05, 0) is 80.8 Å². The van der Waals surface area contributed by atoms with Gasteiger partial charge in [-0.1, -0.05) is 15.9 Å². The van der Waals surface area contributed by atoms with E-state index in [1.54, 1.807) is 0 Å².